The molecule has 0 aromatic heterocycles. The fraction of sp³-hybridized carbons (Fsp3) is 0.462. The highest BCUT2D eigenvalue weighted by molar-refractivity contribution is 5.94. The predicted molar refractivity (Wildman–Crippen MR) is 128 cm³/mol. The van der Waals surface area contributed by atoms with E-state index in [-0.39, 0.29) is 23.8 Å². The fourth-order valence-corrected chi connectivity index (χ4v) is 4.61. The van der Waals surface area contributed by atoms with Crippen LogP contribution in [0.3, 0.4) is 0 Å². The molecule has 0 bridgehead atoms. The summed E-state index contributed by atoms with van der Waals surface area (Å²) in [6.45, 7) is 7.42. The summed E-state index contributed by atoms with van der Waals surface area (Å²) in [6, 6.07) is 13.9. The highest BCUT2D eigenvalue weighted by Crippen LogP contribution is 2.22. The molecule has 2 aromatic rings. The molecule has 2 aliphatic heterocycles. The van der Waals surface area contributed by atoms with Crippen LogP contribution in [0.2, 0.25) is 0 Å². The molecule has 2 aromatic carbocycles. The largest absolute Gasteiger partial charge is 0.379 e. The van der Waals surface area contributed by atoms with E-state index in [9.17, 15) is 14.0 Å². The average Bonchev–Trinajstić information content (AvgIpc) is 3.12. The minimum Gasteiger partial charge on any atom is -0.379 e. The Hall–Kier alpha value is -2.97. The summed E-state index contributed by atoms with van der Waals surface area (Å²) in [5.74, 6) is -0.266. The third-order valence-corrected chi connectivity index (χ3v) is 6.52. The van der Waals surface area contributed by atoms with Gasteiger partial charge in [0.05, 0.1) is 19.3 Å². The van der Waals surface area contributed by atoms with Gasteiger partial charge >= 0.3 is 6.03 Å². The van der Waals surface area contributed by atoms with Crippen molar-refractivity contribution >= 4 is 11.9 Å². The molecule has 2 aliphatic rings. The third kappa shape index (κ3) is 6.12. The van der Waals surface area contributed by atoms with Crippen molar-refractivity contribution in [2.45, 2.75) is 19.4 Å². The average molecular weight is 469 g/mol. The van der Waals surface area contributed by atoms with Crippen LogP contribution < -0.4 is 5.32 Å². The van der Waals surface area contributed by atoms with Crippen LogP contribution in [0.25, 0.3) is 0 Å². The Morgan fingerprint density at radius 3 is 2.41 bits per heavy atom. The second kappa shape index (κ2) is 11.4. The van der Waals surface area contributed by atoms with E-state index in [1.54, 1.807) is 17.0 Å². The Balaban J connectivity index is 1.35. The molecule has 0 radical (unpaired) electrons. The molecule has 0 aliphatic carbocycles. The highest BCUT2D eigenvalue weighted by Gasteiger charge is 2.26. The smallest absolute Gasteiger partial charge is 0.317 e. The van der Waals surface area contributed by atoms with E-state index in [2.05, 4.69) is 10.2 Å². The fourth-order valence-electron chi connectivity index (χ4n) is 4.61. The van der Waals surface area contributed by atoms with E-state index in [1.807, 2.05) is 36.1 Å². The van der Waals surface area contributed by atoms with Crippen molar-refractivity contribution in [3.05, 3.63) is 71.0 Å². The number of nitrogens with one attached hydrogen (secondary N) is 1. The van der Waals surface area contributed by atoms with Crippen molar-refractivity contribution in [2.24, 2.45) is 0 Å². The normalized spacial score (nSPS) is 18.3. The van der Waals surface area contributed by atoms with Gasteiger partial charge in [-0.25, -0.2) is 9.18 Å². The predicted octanol–water partition coefficient (Wildman–Crippen LogP) is 3.07. The minimum absolute atomic E-state index is 0.00893. The molecular formula is C26H33FN4O3. The number of morpholine rings is 1. The number of carbonyl (C=O) groups is 2. The summed E-state index contributed by atoms with van der Waals surface area (Å²) in [5.41, 5.74) is 2.71. The number of ether oxygens (including phenoxy) is 1. The molecule has 1 atom stereocenters. The Kier molecular flexibility index (Phi) is 8.13. The molecular weight excluding hydrogens is 435 g/mol. The lowest BCUT2D eigenvalue weighted by Crippen LogP contribution is -2.47. The monoisotopic (exact) mass is 468 g/mol. The summed E-state index contributed by atoms with van der Waals surface area (Å²) in [4.78, 5) is 31.8. The van der Waals surface area contributed by atoms with Gasteiger partial charge in [-0.1, -0.05) is 29.8 Å². The molecule has 2 fully saturated rings. The minimum atomic E-state index is -0.275. The number of amides is 3. The summed E-state index contributed by atoms with van der Waals surface area (Å²) >= 11 is 0. The van der Waals surface area contributed by atoms with E-state index in [0.717, 1.165) is 30.6 Å². The van der Waals surface area contributed by atoms with Gasteiger partial charge in [-0.3, -0.25) is 9.69 Å². The standard InChI is InChI=1S/C26H33FN4O3/c1-20-4-2-5-22(18-20)25(32)30-10-3-11-31(13-12-30)26(33)28-19-24(29-14-16-34-17-15-29)21-6-8-23(27)9-7-21/h2,4-9,18,24H,3,10-17,19H2,1H3,(H,28,33). The first kappa shape index (κ1) is 24.2. The lowest BCUT2D eigenvalue weighted by molar-refractivity contribution is 0.0164. The van der Waals surface area contributed by atoms with Gasteiger partial charge in [0.1, 0.15) is 5.82 Å². The van der Waals surface area contributed by atoms with E-state index in [1.165, 1.54) is 12.1 Å². The number of aryl methyl sites for hydroxylation is 1. The number of hydrogen-bond acceptors (Lipinski definition) is 4. The second-order valence-corrected chi connectivity index (χ2v) is 8.90. The SMILES string of the molecule is Cc1cccc(C(=O)N2CCCN(C(=O)NCC(c3ccc(F)cc3)N3CCOCC3)CC2)c1. The Morgan fingerprint density at radius 1 is 0.971 bits per heavy atom. The molecule has 4 rings (SSSR count). The number of urea groups is 1. The number of hydrogen-bond donors (Lipinski definition) is 1. The Morgan fingerprint density at radius 2 is 1.68 bits per heavy atom. The second-order valence-electron chi connectivity index (χ2n) is 8.90. The van der Waals surface area contributed by atoms with Crippen molar-refractivity contribution in [1.82, 2.24) is 20.0 Å². The molecule has 1 unspecified atom stereocenters. The van der Waals surface area contributed by atoms with Crippen molar-refractivity contribution in [2.75, 3.05) is 59.0 Å². The van der Waals surface area contributed by atoms with Gasteiger partial charge in [-0.2, -0.15) is 0 Å². The van der Waals surface area contributed by atoms with Crippen molar-refractivity contribution in [3.8, 4) is 0 Å². The summed E-state index contributed by atoms with van der Waals surface area (Å²) in [6.07, 6.45) is 0.732. The zero-order valence-corrected chi connectivity index (χ0v) is 19.7. The maximum Gasteiger partial charge on any atom is 0.317 e. The van der Waals surface area contributed by atoms with Crippen LogP contribution in [0, 0.1) is 12.7 Å². The molecule has 2 saturated heterocycles. The zero-order valence-electron chi connectivity index (χ0n) is 19.7. The number of carbonyl (C=O) groups excluding carboxylic acids is 2. The highest BCUT2D eigenvalue weighted by atomic mass is 19.1. The Labute approximate surface area is 200 Å². The first-order chi connectivity index (χ1) is 16.5. The molecule has 7 nitrogen and oxygen atoms in total. The van der Waals surface area contributed by atoms with Gasteiger partial charge in [-0.15, -0.1) is 0 Å². The van der Waals surface area contributed by atoms with Crippen LogP contribution in [-0.2, 0) is 4.74 Å². The molecule has 8 heteroatoms. The van der Waals surface area contributed by atoms with Gasteiger partial charge in [0.2, 0.25) is 0 Å². The number of halogens is 1. The summed E-state index contributed by atoms with van der Waals surface area (Å²) < 4.78 is 18.9. The maximum absolute atomic E-state index is 13.5. The van der Waals surface area contributed by atoms with E-state index >= 15 is 0 Å². The van der Waals surface area contributed by atoms with Crippen LogP contribution in [0.1, 0.15) is 33.9 Å². The van der Waals surface area contributed by atoms with E-state index in [0.29, 0.717) is 51.5 Å². The molecule has 3 amide bonds. The van der Waals surface area contributed by atoms with Crippen LogP contribution in [0.5, 0.6) is 0 Å². The van der Waals surface area contributed by atoms with Crippen molar-refractivity contribution < 1.29 is 18.7 Å². The maximum atomic E-state index is 13.5. The molecule has 34 heavy (non-hydrogen) atoms. The van der Waals surface area contributed by atoms with E-state index < -0.39 is 0 Å². The van der Waals surface area contributed by atoms with Crippen LogP contribution in [-0.4, -0.2) is 85.7 Å². The van der Waals surface area contributed by atoms with Crippen LogP contribution in [0.4, 0.5) is 9.18 Å². The Bertz CT molecular complexity index is 978. The van der Waals surface area contributed by atoms with Gasteiger partial charge in [0.15, 0.2) is 0 Å². The summed E-state index contributed by atoms with van der Waals surface area (Å²) in [5, 5.41) is 3.08. The number of nitrogens with zero attached hydrogens (tertiary/aromatic N) is 3. The van der Waals surface area contributed by atoms with Crippen molar-refractivity contribution in [1.29, 1.82) is 0 Å². The first-order valence-electron chi connectivity index (χ1n) is 12.0. The van der Waals surface area contributed by atoms with Gasteiger partial charge in [-0.05, 0) is 43.2 Å². The molecule has 0 saturated carbocycles. The quantitative estimate of drug-likeness (QED) is 0.733. The van der Waals surface area contributed by atoms with Crippen LogP contribution >= 0.6 is 0 Å². The third-order valence-electron chi connectivity index (χ3n) is 6.52. The zero-order chi connectivity index (χ0) is 23.9. The van der Waals surface area contributed by atoms with Crippen LogP contribution in [0.15, 0.2) is 48.5 Å². The van der Waals surface area contributed by atoms with Gasteiger partial charge in [0, 0.05) is 51.4 Å². The first-order valence-corrected chi connectivity index (χ1v) is 12.0. The molecule has 1 N–H and O–H groups in total. The van der Waals surface area contributed by atoms with Crippen molar-refractivity contribution in [3.63, 3.8) is 0 Å². The number of rotatable bonds is 5. The molecule has 182 valence electrons. The molecule has 2 heterocycles. The topological polar surface area (TPSA) is 65.1 Å². The summed E-state index contributed by atoms with van der Waals surface area (Å²) in [7, 11) is 0. The van der Waals surface area contributed by atoms with Gasteiger partial charge < -0.3 is 19.9 Å². The lowest BCUT2D eigenvalue weighted by Gasteiger charge is -2.35. The molecule has 0 spiro atoms. The number of benzene rings is 2. The lowest BCUT2D eigenvalue weighted by atomic mass is 10.0. The van der Waals surface area contributed by atoms with E-state index in [4.69, 9.17) is 4.74 Å². The van der Waals surface area contributed by atoms with Gasteiger partial charge in [0.25, 0.3) is 5.91 Å².